The number of carbonyl (C=O) groups excluding carboxylic acids is 1. The van der Waals surface area contributed by atoms with Crippen LogP contribution in [0.5, 0.6) is 5.75 Å². The van der Waals surface area contributed by atoms with Crippen LogP contribution < -0.4 is 10.1 Å². The average molecular weight is 375 g/mol. The molecular weight excluding hydrogens is 348 g/mol. The predicted octanol–water partition coefficient (Wildman–Crippen LogP) is 3.87. The summed E-state index contributed by atoms with van der Waals surface area (Å²) in [6, 6.07) is 14.0. The lowest BCUT2D eigenvalue weighted by molar-refractivity contribution is -0.120. The van der Waals surface area contributed by atoms with Gasteiger partial charge in [-0.2, -0.15) is 0 Å². The molecule has 0 saturated carbocycles. The second kappa shape index (κ2) is 9.60. The van der Waals surface area contributed by atoms with Crippen LogP contribution in [-0.2, 0) is 17.6 Å². The third-order valence-electron chi connectivity index (χ3n) is 4.48. The van der Waals surface area contributed by atoms with Crippen molar-refractivity contribution in [3.8, 4) is 5.75 Å². The van der Waals surface area contributed by atoms with Gasteiger partial charge in [0.2, 0.25) is 5.91 Å². The first-order chi connectivity index (χ1) is 12.4. The molecule has 0 radical (unpaired) electrons. The van der Waals surface area contributed by atoms with E-state index in [2.05, 4.69) is 41.4 Å². The summed E-state index contributed by atoms with van der Waals surface area (Å²) in [7, 11) is 5.63. The summed E-state index contributed by atoms with van der Waals surface area (Å²) < 4.78 is 5.31. The van der Waals surface area contributed by atoms with Crippen LogP contribution in [0.1, 0.15) is 29.7 Å². The Balaban J connectivity index is 2.02. The number of methoxy groups -OCH3 is 1. The summed E-state index contributed by atoms with van der Waals surface area (Å²) in [5.74, 6) is 0.617. The molecule has 0 aliphatic heterocycles. The summed E-state index contributed by atoms with van der Waals surface area (Å²) in [4.78, 5) is 14.5. The molecule has 0 saturated heterocycles. The first-order valence-electron chi connectivity index (χ1n) is 8.79. The number of hydrogen-bond donors (Lipinski definition) is 1. The number of likely N-dealkylation sites (N-methyl/N-ethyl adjacent to an activating group) is 1. The van der Waals surface area contributed by atoms with Gasteiger partial charge in [0, 0.05) is 17.1 Å². The van der Waals surface area contributed by atoms with Crippen LogP contribution in [0.3, 0.4) is 0 Å². The maximum absolute atomic E-state index is 12.4. The Hall–Kier alpha value is -2.04. The van der Waals surface area contributed by atoms with E-state index in [1.807, 2.05) is 14.1 Å². The van der Waals surface area contributed by atoms with Crippen LogP contribution in [0.15, 0.2) is 42.5 Å². The predicted molar refractivity (Wildman–Crippen MR) is 107 cm³/mol. The van der Waals surface area contributed by atoms with Crippen molar-refractivity contribution < 1.29 is 9.53 Å². The highest BCUT2D eigenvalue weighted by atomic mass is 35.5. The number of nitrogens with zero attached hydrogens (tertiary/aromatic N) is 1. The molecule has 5 heteroatoms. The third kappa shape index (κ3) is 5.48. The van der Waals surface area contributed by atoms with Gasteiger partial charge < -0.3 is 15.0 Å². The summed E-state index contributed by atoms with van der Waals surface area (Å²) in [6.45, 7) is 2.68. The zero-order valence-electron chi connectivity index (χ0n) is 15.9. The van der Waals surface area contributed by atoms with E-state index < -0.39 is 0 Å². The smallest absolute Gasteiger partial charge is 0.224 e. The Morgan fingerprint density at radius 1 is 1.19 bits per heavy atom. The molecule has 0 aliphatic rings. The van der Waals surface area contributed by atoms with E-state index in [4.69, 9.17) is 16.3 Å². The molecule has 2 rings (SSSR count). The molecule has 0 bridgehead atoms. The highest BCUT2D eigenvalue weighted by Crippen LogP contribution is 2.23. The first kappa shape index (κ1) is 20.3. The van der Waals surface area contributed by atoms with Crippen molar-refractivity contribution in [3.05, 3.63) is 64.2 Å². The minimum atomic E-state index is -0.0532. The van der Waals surface area contributed by atoms with Crippen LogP contribution in [0.4, 0.5) is 0 Å². The molecule has 1 unspecified atom stereocenters. The van der Waals surface area contributed by atoms with Crippen LogP contribution in [-0.4, -0.2) is 38.6 Å². The lowest BCUT2D eigenvalue weighted by Crippen LogP contribution is -2.35. The van der Waals surface area contributed by atoms with Gasteiger partial charge in [-0.1, -0.05) is 42.8 Å². The monoisotopic (exact) mass is 374 g/mol. The minimum absolute atomic E-state index is 0.0532. The number of amides is 1. The number of ether oxygens (including phenoxy) is 1. The number of nitrogens with one attached hydrogen (secondary N) is 1. The van der Waals surface area contributed by atoms with Gasteiger partial charge in [0.1, 0.15) is 5.75 Å². The Bertz CT molecular complexity index is 729. The van der Waals surface area contributed by atoms with E-state index in [0.717, 1.165) is 12.0 Å². The molecule has 0 aliphatic carbocycles. The fourth-order valence-corrected chi connectivity index (χ4v) is 3.10. The van der Waals surface area contributed by atoms with Gasteiger partial charge in [-0.25, -0.2) is 0 Å². The van der Waals surface area contributed by atoms with Crippen molar-refractivity contribution in [3.63, 3.8) is 0 Å². The summed E-state index contributed by atoms with van der Waals surface area (Å²) >= 11 is 6.04. The average Bonchev–Trinajstić information content (AvgIpc) is 2.62. The van der Waals surface area contributed by atoms with Crippen LogP contribution >= 0.6 is 11.6 Å². The van der Waals surface area contributed by atoms with Crippen molar-refractivity contribution in [1.82, 2.24) is 10.2 Å². The molecule has 140 valence electrons. The molecule has 0 fully saturated rings. The van der Waals surface area contributed by atoms with Crippen molar-refractivity contribution in [2.45, 2.75) is 25.8 Å². The van der Waals surface area contributed by atoms with E-state index in [1.165, 1.54) is 11.1 Å². The summed E-state index contributed by atoms with van der Waals surface area (Å²) in [6.07, 6.45) is 1.25. The molecule has 1 amide bonds. The highest BCUT2D eigenvalue weighted by Gasteiger charge is 2.16. The fourth-order valence-electron chi connectivity index (χ4n) is 2.91. The summed E-state index contributed by atoms with van der Waals surface area (Å²) in [5.41, 5.74) is 3.28. The summed E-state index contributed by atoms with van der Waals surface area (Å²) in [5, 5.41) is 3.62. The molecule has 26 heavy (non-hydrogen) atoms. The highest BCUT2D eigenvalue weighted by molar-refractivity contribution is 6.30. The SMILES string of the molecule is CCc1ccc(C(CNC(=O)Cc2cc(Cl)ccc2OC)N(C)C)cc1. The minimum Gasteiger partial charge on any atom is -0.496 e. The Morgan fingerprint density at radius 2 is 1.88 bits per heavy atom. The number of benzene rings is 2. The Kier molecular flexibility index (Phi) is 7.49. The molecular formula is C21H27ClN2O2. The topological polar surface area (TPSA) is 41.6 Å². The number of hydrogen-bond acceptors (Lipinski definition) is 3. The molecule has 2 aromatic rings. The zero-order chi connectivity index (χ0) is 19.1. The van der Waals surface area contributed by atoms with Crippen molar-refractivity contribution in [1.29, 1.82) is 0 Å². The number of carbonyl (C=O) groups is 1. The lowest BCUT2D eigenvalue weighted by atomic mass is 10.0. The van der Waals surface area contributed by atoms with Gasteiger partial charge >= 0.3 is 0 Å². The van der Waals surface area contributed by atoms with Crippen LogP contribution in [0, 0.1) is 0 Å². The quantitative estimate of drug-likeness (QED) is 0.762. The molecule has 4 nitrogen and oxygen atoms in total. The molecule has 0 spiro atoms. The molecule has 1 N–H and O–H groups in total. The molecule has 0 aromatic heterocycles. The van der Waals surface area contributed by atoms with Gasteiger partial charge in [-0.05, 0) is 49.8 Å². The Morgan fingerprint density at radius 3 is 2.46 bits per heavy atom. The lowest BCUT2D eigenvalue weighted by Gasteiger charge is -2.25. The van der Waals surface area contributed by atoms with Gasteiger partial charge in [0.05, 0.1) is 19.6 Å². The van der Waals surface area contributed by atoms with Gasteiger partial charge in [-0.3, -0.25) is 4.79 Å². The Labute approximate surface area is 161 Å². The number of aryl methyl sites for hydroxylation is 1. The standard InChI is InChI=1S/C21H27ClN2O2/c1-5-15-6-8-16(9-7-15)19(24(2)3)14-23-21(25)13-17-12-18(22)10-11-20(17)26-4/h6-12,19H,5,13-14H2,1-4H3,(H,23,25). The van der Waals surface area contributed by atoms with E-state index in [1.54, 1.807) is 25.3 Å². The van der Waals surface area contributed by atoms with Gasteiger partial charge in [-0.15, -0.1) is 0 Å². The van der Waals surface area contributed by atoms with Crippen LogP contribution in [0.25, 0.3) is 0 Å². The molecule has 1 atom stereocenters. The normalized spacial score (nSPS) is 12.1. The van der Waals surface area contributed by atoms with Crippen LogP contribution in [0.2, 0.25) is 5.02 Å². The number of rotatable bonds is 8. The maximum atomic E-state index is 12.4. The van der Waals surface area contributed by atoms with E-state index in [-0.39, 0.29) is 18.4 Å². The second-order valence-electron chi connectivity index (χ2n) is 6.51. The zero-order valence-corrected chi connectivity index (χ0v) is 16.6. The maximum Gasteiger partial charge on any atom is 0.224 e. The van der Waals surface area contributed by atoms with Gasteiger partial charge in [0.25, 0.3) is 0 Å². The fraction of sp³-hybridized carbons (Fsp3) is 0.381. The van der Waals surface area contributed by atoms with Crippen molar-refractivity contribution >= 4 is 17.5 Å². The first-order valence-corrected chi connectivity index (χ1v) is 9.16. The van der Waals surface area contributed by atoms with E-state index in [9.17, 15) is 4.79 Å². The number of halogens is 1. The van der Waals surface area contributed by atoms with Crippen molar-refractivity contribution in [2.24, 2.45) is 0 Å². The van der Waals surface area contributed by atoms with E-state index >= 15 is 0 Å². The molecule has 0 heterocycles. The van der Waals surface area contributed by atoms with Gasteiger partial charge in [0.15, 0.2) is 0 Å². The van der Waals surface area contributed by atoms with Crippen molar-refractivity contribution in [2.75, 3.05) is 27.7 Å². The molecule has 2 aromatic carbocycles. The van der Waals surface area contributed by atoms with E-state index in [0.29, 0.717) is 17.3 Å². The second-order valence-corrected chi connectivity index (χ2v) is 6.95. The third-order valence-corrected chi connectivity index (χ3v) is 4.72. The largest absolute Gasteiger partial charge is 0.496 e.